The molecule has 0 aliphatic carbocycles. The Bertz CT molecular complexity index is 1660. The fourth-order valence-corrected chi connectivity index (χ4v) is 5.87. The maximum Gasteiger partial charge on any atom is 0.301 e. The zero-order chi connectivity index (χ0) is 29.1. The van der Waals surface area contributed by atoms with Crippen LogP contribution in [0.2, 0.25) is 5.02 Å². The number of benzene rings is 3. The first-order valence-corrected chi connectivity index (χ1v) is 14.2. The molecule has 1 saturated heterocycles. The molecule has 2 heterocycles. The van der Waals surface area contributed by atoms with E-state index in [4.69, 9.17) is 25.8 Å². The maximum absolute atomic E-state index is 13.6. The lowest BCUT2D eigenvalue weighted by atomic mass is 9.95. The Hall–Kier alpha value is -4.34. The van der Waals surface area contributed by atoms with Crippen LogP contribution >= 0.6 is 22.9 Å². The van der Waals surface area contributed by atoms with Crippen molar-refractivity contribution >= 4 is 55.7 Å². The Morgan fingerprint density at radius 2 is 1.78 bits per heavy atom. The lowest BCUT2D eigenvalue weighted by molar-refractivity contribution is -0.132. The van der Waals surface area contributed by atoms with Crippen molar-refractivity contribution in [1.29, 1.82) is 0 Å². The normalized spacial score (nSPS) is 16.3. The van der Waals surface area contributed by atoms with Crippen LogP contribution in [0.1, 0.15) is 31.0 Å². The predicted octanol–water partition coefficient (Wildman–Crippen LogP) is 6.94. The van der Waals surface area contributed by atoms with Crippen LogP contribution in [0.25, 0.3) is 16.0 Å². The number of carbonyl (C=O) groups is 2. The fourth-order valence-electron chi connectivity index (χ4n) is 4.60. The van der Waals surface area contributed by atoms with E-state index >= 15 is 0 Å². The minimum atomic E-state index is -0.995. The minimum absolute atomic E-state index is 0.0707. The zero-order valence-corrected chi connectivity index (χ0v) is 24.0. The van der Waals surface area contributed by atoms with E-state index in [9.17, 15) is 14.7 Å². The first-order chi connectivity index (χ1) is 19.9. The molecule has 10 heteroatoms. The third kappa shape index (κ3) is 5.51. The number of amides is 1. The third-order valence-corrected chi connectivity index (χ3v) is 7.62. The summed E-state index contributed by atoms with van der Waals surface area (Å²) in [6, 6.07) is 16.0. The molecular weight excluding hydrogens is 564 g/mol. The number of aliphatic hydroxyl groups excluding tert-OH is 1. The van der Waals surface area contributed by atoms with Gasteiger partial charge in [-0.25, -0.2) is 4.98 Å². The highest BCUT2D eigenvalue weighted by molar-refractivity contribution is 7.22. The van der Waals surface area contributed by atoms with Gasteiger partial charge in [-0.15, -0.1) is 0 Å². The van der Waals surface area contributed by atoms with Crippen molar-refractivity contribution in [2.75, 3.05) is 24.7 Å². The van der Waals surface area contributed by atoms with E-state index in [-0.39, 0.29) is 17.9 Å². The van der Waals surface area contributed by atoms with Crippen LogP contribution in [-0.4, -0.2) is 41.6 Å². The summed E-state index contributed by atoms with van der Waals surface area (Å²) >= 11 is 7.42. The summed E-state index contributed by atoms with van der Waals surface area (Å²) in [7, 11) is 0. The molecule has 0 saturated carbocycles. The summed E-state index contributed by atoms with van der Waals surface area (Å²) in [5.74, 6) is -0.428. The van der Waals surface area contributed by atoms with Gasteiger partial charge in [-0.3, -0.25) is 14.5 Å². The van der Waals surface area contributed by atoms with Gasteiger partial charge < -0.3 is 19.3 Å². The van der Waals surface area contributed by atoms with Gasteiger partial charge in [-0.1, -0.05) is 41.7 Å². The smallest absolute Gasteiger partial charge is 0.301 e. The van der Waals surface area contributed by atoms with Gasteiger partial charge in [-0.2, -0.15) is 0 Å². The van der Waals surface area contributed by atoms with Gasteiger partial charge in [0.2, 0.25) is 0 Å². The number of thiazole rings is 1. The first kappa shape index (κ1) is 28.2. The molecule has 1 aliphatic rings. The molecular formula is C31H27ClN2O6S. The SMILES string of the molecule is C=CCOc1ccc(C2/C(=C(\O)c3ccc(OCC)cc3)C(=O)C(=O)N2c2nc3ccc(Cl)cc3s2)cc1OCC. The molecule has 3 aromatic carbocycles. The molecule has 1 fully saturated rings. The van der Waals surface area contributed by atoms with Crippen molar-refractivity contribution in [1.82, 2.24) is 4.98 Å². The van der Waals surface area contributed by atoms with E-state index in [1.165, 1.54) is 16.2 Å². The van der Waals surface area contributed by atoms with Crippen LogP contribution in [0.4, 0.5) is 5.13 Å². The largest absolute Gasteiger partial charge is 0.507 e. The fraction of sp³-hybridized carbons (Fsp3) is 0.194. The number of ketones is 1. The number of anilines is 1. The highest BCUT2D eigenvalue weighted by atomic mass is 35.5. The van der Waals surface area contributed by atoms with Gasteiger partial charge in [-0.05, 0) is 74.0 Å². The Kier molecular flexibility index (Phi) is 8.28. The van der Waals surface area contributed by atoms with Crippen molar-refractivity contribution in [2.24, 2.45) is 0 Å². The number of fused-ring (bicyclic) bond motifs is 1. The molecule has 41 heavy (non-hydrogen) atoms. The van der Waals surface area contributed by atoms with Crippen molar-refractivity contribution in [2.45, 2.75) is 19.9 Å². The van der Waals surface area contributed by atoms with Crippen LogP contribution in [0.3, 0.4) is 0 Å². The summed E-state index contributed by atoms with van der Waals surface area (Å²) < 4.78 is 17.8. The molecule has 1 atom stereocenters. The van der Waals surface area contributed by atoms with E-state index in [1.54, 1.807) is 66.7 Å². The Labute approximate surface area is 246 Å². The minimum Gasteiger partial charge on any atom is -0.507 e. The lowest BCUT2D eigenvalue weighted by Crippen LogP contribution is -2.29. The van der Waals surface area contributed by atoms with Crippen LogP contribution in [0.15, 0.2) is 78.9 Å². The Balaban J connectivity index is 1.69. The Morgan fingerprint density at radius 3 is 2.49 bits per heavy atom. The topological polar surface area (TPSA) is 98.2 Å². The van der Waals surface area contributed by atoms with Crippen LogP contribution in [0.5, 0.6) is 17.2 Å². The molecule has 0 radical (unpaired) electrons. The van der Waals surface area contributed by atoms with E-state index in [0.717, 1.165) is 4.70 Å². The number of ether oxygens (including phenoxy) is 3. The number of carbonyl (C=O) groups excluding carboxylic acids is 2. The number of nitrogens with zero attached hydrogens (tertiary/aromatic N) is 2. The van der Waals surface area contributed by atoms with Crippen molar-refractivity contribution in [3.63, 3.8) is 0 Å². The monoisotopic (exact) mass is 590 g/mol. The Morgan fingerprint density at radius 1 is 1.02 bits per heavy atom. The predicted molar refractivity (Wildman–Crippen MR) is 160 cm³/mol. The summed E-state index contributed by atoms with van der Waals surface area (Å²) in [5.41, 5.74) is 1.45. The molecule has 1 amide bonds. The van der Waals surface area contributed by atoms with E-state index < -0.39 is 17.7 Å². The highest BCUT2D eigenvalue weighted by Crippen LogP contribution is 2.46. The second-order valence-electron chi connectivity index (χ2n) is 8.97. The number of rotatable bonds is 10. The maximum atomic E-state index is 13.6. The molecule has 0 spiro atoms. The van der Waals surface area contributed by atoms with Gasteiger partial charge in [0, 0.05) is 10.6 Å². The molecule has 5 rings (SSSR count). The van der Waals surface area contributed by atoms with Crippen LogP contribution in [-0.2, 0) is 9.59 Å². The molecule has 1 N–H and O–H groups in total. The van der Waals surface area contributed by atoms with Gasteiger partial charge in [0.25, 0.3) is 5.78 Å². The number of Topliss-reactive ketones (excluding diaryl/α,β-unsaturated/α-hetero) is 1. The van der Waals surface area contributed by atoms with Crippen molar-refractivity contribution < 1.29 is 28.9 Å². The highest BCUT2D eigenvalue weighted by Gasteiger charge is 2.48. The quantitative estimate of drug-likeness (QED) is 0.0924. The lowest BCUT2D eigenvalue weighted by Gasteiger charge is -2.24. The number of hydrogen-bond acceptors (Lipinski definition) is 8. The number of aromatic nitrogens is 1. The molecule has 1 unspecified atom stereocenters. The number of hydrogen-bond donors (Lipinski definition) is 1. The summed E-state index contributed by atoms with van der Waals surface area (Å²) in [4.78, 5) is 33.2. The van der Waals surface area contributed by atoms with E-state index in [0.29, 0.717) is 57.3 Å². The summed E-state index contributed by atoms with van der Waals surface area (Å²) in [5, 5.41) is 12.3. The second kappa shape index (κ2) is 12.0. The molecule has 1 aliphatic heterocycles. The number of halogens is 1. The average Bonchev–Trinajstić information content (AvgIpc) is 3.50. The van der Waals surface area contributed by atoms with Gasteiger partial charge in [0.05, 0.1) is 35.0 Å². The zero-order valence-electron chi connectivity index (χ0n) is 22.4. The van der Waals surface area contributed by atoms with Gasteiger partial charge in [0.1, 0.15) is 18.1 Å². The molecule has 4 aromatic rings. The van der Waals surface area contributed by atoms with Crippen LogP contribution < -0.4 is 19.1 Å². The summed E-state index contributed by atoms with van der Waals surface area (Å²) in [6.07, 6.45) is 1.62. The molecule has 8 nitrogen and oxygen atoms in total. The summed E-state index contributed by atoms with van der Waals surface area (Å²) in [6.45, 7) is 8.51. The van der Waals surface area contributed by atoms with E-state index in [1.807, 2.05) is 13.8 Å². The van der Waals surface area contributed by atoms with Crippen LogP contribution in [0, 0.1) is 0 Å². The molecule has 210 valence electrons. The van der Waals surface area contributed by atoms with Crippen molar-refractivity contribution in [3.8, 4) is 17.2 Å². The number of aliphatic hydroxyl groups is 1. The second-order valence-corrected chi connectivity index (χ2v) is 10.4. The third-order valence-electron chi connectivity index (χ3n) is 6.37. The molecule has 1 aromatic heterocycles. The van der Waals surface area contributed by atoms with Crippen molar-refractivity contribution in [3.05, 3.63) is 95.0 Å². The van der Waals surface area contributed by atoms with E-state index in [2.05, 4.69) is 11.6 Å². The van der Waals surface area contributed by atoms with Gasteiger partial charge in [0.15, 0.2) is 16.6 Å². The van der Waals surface area contributed by atoms with Gasteiger partial charge >= 0.3 is 5.91 Å². The average molecular weight is 591 g/mol. The standard InChI is InChI=1S/C31H27ClN2O6S/c1-4-15-40-23-14-9-19(16-24(23)39-6-3)27-26(28(35)18-7-11-21(12-8-18)38-5-2)29(36)30(37)34(27)31-33-22-13-10-20(32)17-25(22)41-31/h4,7-14,16-17,27,35H,1,5-6,15H2,2-3H3/b28-26+. The first-order valence-electron chi connectivity index (χ1n) is 13.0. The molecule has 0 bridgehead atoms.